The Hall–Kier alpha value is -2.54. The van der Waals surface area contributed by atoms with Gasteiger partial charge in [0.15, 0.2) is 0 Å². The minimum atomic E-state index is -4.47. The Bertz CT molecular complexity index is 771. The van der Waals surface area contributed by atoms with Crippen LogP contribution in [0.1, 0.15) is 27.5 Å². The molecule has 0 radical (unpaired) electrons. The summed E-state index contributed by atoms with van der Waals surface area (Å²) in [6.45, 7) is 0.318. The van der Waals surface area contributed by atoms with Crippen LogP contribution in [-0.2, 0) is 6.18 Å². The summed E-state index contributed by atoms with van der Waals surface area (Å²) in [5, 5.41) is 2.76. The first-order valence-electron chi connectivity index (χ1n) is 8.62. The molecular weight excluding hydrogens is 355 g/mol. The van der Waals surface area contributed by atoms with Gasteiger partial charge in [0.05, 0.1) is 26.2 Å². The third kappa shape index (κ3) is 5.47. The lowest BCUT2D eigenvalue weighted by Gasteiger charge is -2.23. The zero-order valence-corrected chi connectivity index (χ0v) is 15.9. The second kappa shape index (κ2) is 8.43. The number of hydrogen-bond acceptors (Lipinski definition) is 2. The third-order valence-corrected chi connectivity index (χ3v) is 4.43. The van der Waals surface area contributed by atoms with E-state index >= 15 is 0 Å². The van der Waals surface area contributed by atoms with Crippen molar-refractivity contribution in [2.24, 2.45) is 0 Å². The molecule has 0 aliphatic carbocycles. The fourth-order valence-corrected chi connectivity index (χ4v) is 2.79. The summed E-state index contributed by atoms with van der Waals surface area (Å²) >= 11 is 0. The molecule has 0 spiro atoms. The molecule has 0 saturated carbocycles. The Morgan fingerprint density at radius 1 is 1.11 bits per heavy atom. The van der Waals surface area contributed by atoms with Gasteiger partial charge in [-0.3, -0.25) is 4.79 Å². The lowest BCUT2D eigenvalue weighted by atomic mass is 10.0. The highest BCUT2D eigenvalue weighted by Crippen LogP contribution is 2.29. The second-order valence-corrected chi connectivity index (χ2v) is 6.90. The first-order valence-corrected chi connectivity index (χ1v) is 8.62. The predicted octanol–water partition coefficient (Wildman–Crippen LogP) is 2.39. The second-order valence-electron chi connectivity index (χ2n) is 6.90. The highest BCUT2D eigenvalue weighted by Gasteiger charge is 2.31. The Morgan fingerprint density at radius 3 is 2.26 bits per heavy atom. The number of likely N-dealkylation sites (N-methyl/N-ethyl adjacent to an activating group) is 1. The van der Waals surface area contributed by atoms with E-state index < -0.39 is 17.6 Å². The molecule has 7 heteroatoms. The van der Waals surface area contributed by atoms with Gasteiger partial charge in [0.1, 0.15) is 6.04 Å². The van der Waals surface area contributed by atoms with Gasteiger partial charge in [0.25, 0.3) is 5.91 Å². The van der Waals surface area contributed by atoms with E-state index in [2.05, 4.69) is 5.32 Å². The van der Waals surface area contributed by atoms with E-state index in [1.807, 2.05) is 57.4 Å². The number of carbonyl (C=O) groups excluding carboxylic acids is 1. The number of carbonyl (C=O) groups is 1. The van der Waals surface area contributed by atoms with Crippen molar-refractivity contribution >= 4 is 11.6 Å². The van der Waals surface area contributed by atoms with Gasteiger partial charge in [-0.05, 0) is 30.3 Å². The molecule has 0 bridgehead atoms. The predicted molar refractivity (Wildman–Crippen MR) is 100 cm³/mol. The van der Waals surface area contributed by atoms with Crippen LogP contribution in [0.5, 0.6) is 0 Å². The lowest BCUT2D eigenvalue weighted by Crippen LogP contribution is -3.07. The zero-order valence-electron chi connectivity index (χ0n) is 15.9. The molecule has 0 aromatic heterocycles. The minimum Gasteiger partial charge on any atom is -0.378 e. The van der Waals surface area contributed by atoms with Gasteiger partial charge in [-0.1, -0.05) is 18.2 Å². The average molecular weight is 380 g/mol. The normalized spacial score (nSPS) is 12.7. The quantitative estimate of drug-likeness (QED) is 0.808. The molecule has 4 nitrogen and oxygen atoms in total. The van der Waals surface area contributed by atoms with Crippen molar-refractivity contribution in [1.82, 2.24) is 5.32 Å². The standard InChI is InChI=1S/C20H24F3N3O/c1-25(2)17-10-8-14(9-11-17)18(26(3)4)13-24-19(27)15-6-5-7-16(12-15)20(21,22)23/h5-12,18H,13H2,1-4H3,(H,24,27)/p+1/t18-/m0/s1. The van der Waals surface area contributed by atoms with E-state index in [1.165, 1.54) is 12.1 Å². The molecule has 27 heavy (non-hydrogen) atoms. The number of rotatable bonds is 6. The van der Waals surface area contributed by atoms with Crippen LogP contribution in [0.25, 0.3) is 0 Å². The Balaban J connectivity index is 2.11. The molecule has 2 aromatic carbocycles. The van der Waals surface area contributed by atoms with Gasteiger partial charge in [-0.2, -0.15) is 13.2 Å². The van der Waals surface area contributed by atoms with E-state index in [9.17, 15) is 18.0 Å². The van der Waals surface area contributed by atoms with E-state index in [0.29, 0.717) is 6.54 Å². The summed E-state index contributed by atoms with van der Waals surface area (Å²) in [6.07, 6.45) is -4.47. The van der Waals surface area contributed by atoms with Crippen LogP contribution in [-0.4, -0.2) is 40.6 Å². The van der Waals surface area contributed by atoms with Crippen LogP contribution in [0.15, 0.2) is 48.5 Å². The van der Waals surface area contributed by atoms with Crippen molar-refractivity contribution in [2.75, 3.05) is 39.6 Å². The van der Waals surface area contributed by atoms with Gasteiger partial charge >= 0.3 is 6.18 Å². The number of hydrogen-bond donors (Lipinski definition) is 2. The molecule has 1 atom stereocenters. The van der Waals surface area contributed by atoms with Gasteiger partial charge in [0.2, 0.25) is 0 Å². The van der Waals surface area contributed by atoms with Crippen LogP contribution in [0.3, 0.4) is 0 Å². The van der Waals surface area contributed by atoms with Crippen molar-refractivity contribution in [1.29, 1.82) is 0 Å². The molecule has 0 unspecified atom stereocenters. The first kappa shape index (κ1) is 20.8. The SMILES string of the molecule is CN(C)c1ccc([C@H](CNC(=O)c2cccc(C(F)(F)F)c2)[NH+](C)C)cc1. The van der Waals surface area contributed by atoms with Crippen molar-refractivity contribution in [3.05, 3.63) is 65.2 Å². The topological polar surface area (TPSA) is 36.8 Å². The lowest BCUT2D eigenvalue weighted by molar-refractivity contribution is -0.890. The fraction of sp³-hybridized carbons (Fsp3) is 0.350. The number of halogens is 3. The molecular formula is C20H25F3N3O+. The molecule has 0 aliphatic heterocycles. The van der Waals surface area contributed by atoms with Crippen molar-refractivity contribution in [3.8, 4) is 0 Å². The molecule has 1 amide bonds. The molecule has 2 aromatic rings. The number of benzene rings is 2. The number of nitrogens with zero attached hydrogens (tertiary/aromatic N) is 1. The number of nitrogens with one attached hydrogen (secondary N) is 2. The van der Waals surface area contributed by atoms with Gasteiger partial charge in [0, 0.05) is 30.9 Å². The summed E-state index contributed by atoms with van der Waals surface area (Å²) in [7, 11) is 7.86. The van der Waals surface area contributed by atoms with Crippen LogP contribution >= 0.6 is 0 Å². The van der Waals surface area contributed by atoms with Crippen LogP contribution < -0.4 is 15.1 Å². The number of anilines is 1. The zero-order chi connectivity index (χ0) is 20.2. The Kier molecular flexibility index (Phi) is 6.49. The molecule has 0 heterocycles. The molecule has 2 rings (SSSR count). The van der Waals surface area contributed by atoms with E-state index in [-0.39, 0.29) is 11.6 Å². The first-order chi connectivity index (χ1) is 12.6. The maximum atomic E-state index is 12.8. The van der Waals surface area contributed by atoms with E-state index in [0.717, 1.165) is 28.3 Å². The number of alkyl halides is 3. The smallest absolute Gasteiger partial charge is 0.378 e. The van der Waals surface area contributed by atoms with Crippen LogP contribution in [0.2, 0.25) is 0 Å². The van der Waals surface area contributed by atoms with Gasteiger partial charge in [-0.15, -0.1) is 0 Å². The van der Waals surface area contributed by atoms with Crippen molar-refractivity contribution in [3.63, 3.8) is 0 Å². The third-order valence-electron chi connectivity index (χ3n) is 4.43. The Labute approximate surface area is 157 Å². The maximum absolute atomic E-state index is 12.8. The highest BCUT2D eigenvalue weighted by molar-refractivity contribution is 5.94. The van der Waals surface area contributed by atoms with Crippen LogP contribution in [0.4, 0.5) is 18.9 Å². The maximum Gasteiger partial charge on any atom is 0.416 e. The average Bonchev–Trinajstić information content (AvgIpc) is 2.61. The molecule has 2 N–H and O–H groups in total. The molecule has 0 fully saturated rings. The van der Waals surface area contributed by atoms with Crippen LogP contribution in [0, 0.1) is 0 Å². The van der Waals surface area contributed by atoms with Gasteiger partial charge in [-0.25, -0.2) is 0 Å². The number of quaternary nitrogens is 1. The minimum absolute atomic E-state index is 0.000266. The monoisotopic (exact) mass is 380 g/mol. The molecule has 0 saturated heterocycles. The van der Waals surface area contributed by atoms with E-state index in [4.69, 9.17) is 0 Å². The number of amides is 1. The summed E-state index contributed by atoms with van der Waals surface area (Å²) in [6, 6.07) is 12.4. The summed E-state index contributed by atoms with van der Waals surface area (Å²) in [4.78, 5) is 15.4. The summed E-state index contributed by atoms with van der Waals surface area (Å²) in [5.74, 6) is -0.516. The van der Waals surface area contributed by atoms with Gasteiger partial charge < -0.3 is 15.1 Å². The fourth-order valence-electron chi connectivity index (χ4n) is 2.79. The van der Waals surface area contributed by atoms with Crippen molar-refractivity contribution in [2.45, 2.75) is 12.2 Å². The van der Waals surface area contributed by atoms with Crippen molar-refractivity contribution < 1.29 is 22.9 Å². The van der Waals surface area contributed by atoms with E-state index in [1.54, 1.807) is 0 Å². The summed E-state index contributed by atoms with van der Waals surface area (Å²) < 4.78 is 38.5. The highest BCUT2D eigenvalue weighted by atomic mass is 19.4. The molecule has 146 valence electrons. The summed E-state index contributed by atoms with van der Waals surface area (Å²) in [5.41, 5.74) is 1.29. The molecule has 0 aliphatic rings. The Morgan fingerprint density at radius 2 is 1.74 bits per heavy atom. The largest absolute Gasteiger partial charge is 0.416 e.